The van der Waals surface area contributed by atoms with Crippen molar-refractivity contribution in [2.75, 3.05) is 6.61 Å². The fourth-order valence-electron chi connectivity index (χ4n) is 4.22. The van der Waals surface area contributed by atoms with Crippen molar-refractivity contribution >= 4 is 29.1 Å². The first-order chi connectivity index (χ1) is 17.7. The molecule has 5 nitrogen and oxygen atoms in total. The van der Waals surface area contributed by atoms with Crippen molar-refractivity contribution in [3.05, 3.63) is 129 Å². The second-order valence-electron chi connectivity index (χ2n) is 8.69. The average Bonchev–Trinajstić information content (AvgIpc) is 3.19. The van der Waals surface area contributed by atoms with Gasteiger partial charge in [0.25, 0.3) is 0 Å². The van der Waals surface area contributed by atoms with E-state index in [-0.39, 0.29) is 28.5 Å². The molecule has 0 unspecified atom stereocenters. The molecule has 0 amide bonds. The van der Waals surface area contributed by atoms with Gasteiger partial charge in [-0.1, -0.05) is 41.9 Å². The van der Waals surface area contributed by atoms with Gasteiger partial charge in [-0.3, -0.25) is 9.59 Å². The summed E-state index contributed by atoms with van der Waals surface area (Å²) in [6.45, 7) is 3.91. The fraction of sp³-hybridized carbons (Fsp3) is 0.167. The molecule has 0 saturated carbocycles. The number of hydrogen-bond acceptors (Lipinski definition) is 4. The number of benzene rings is 3. The maximum atomic E-state index is 13.2. The molecular formula is C30H25ClFNO4. The zero-order valence-corrected chi connectivity index (χ0v) is 21.2. The Labute approximate surface area is 219 Å². The number of ketones is 2. The Morgan fingerprint density at radius 3 is 2.19 bits per heavy atom. The maximum absolute atomic E-state index is 13.2. The number of carbonyl (C=O) groups excluding carboxylic acids is 3. The molecule has 1 aromatic heterocycles. The highest BCUT2D eigenvalue weighted by Gasteiger charge is 2.22. The number of aryl methyl sites for hydroxylation is 2. The summed E-state index contributed by atoms with van der Waals surface area (Å²) in [7, 11) is 0. The highest BCUT2D eigenvalue weighted by Crippen LogP contribution is 2.20. The lowest BCUT2D eigenvalue weighted by Crippen LogP contribution is -2.17. The summed E-state index contributed by atoms with van der Waals surface area (Å²) < 4.78 is 20.5. The fourth-order valence-corrected chi connectivity index (χ4v) is 4.35. The van der Waals surface area contributed by atoms with Crippen molar-refractivity contribution < 1.29 is 23.5 Å². The van der Waals surface area contributed by atoms with E-state index >= 15 is 0 Å². The Morgan fingerprint density at radius 1 is 0.865 bits per heavy atom. The molecule has 0 spiro atoms. The lowest BCUT2D eigenvalue weighted by Gasteiger charge is -2.11. The van der Waals surface area contributed by atoms with Crippen LogP contribution in [-0.4, -0.2) is 28.7 Å². The van der Waals surface area contributed by atoms with E-state index in [9.17, 15) is 18.8 Å². The predicted octanol–water partition coefficient (Wildman–Crippen LogP) is 6.41. The molecule has 0 atom stereocenters. The zero-order chi connectivity index (χ0) is 26.5. The van der Waals surface area contributed by atoms with Crippen LogP contribution in [0, 0.1) is 19.7 Å². The monoisotopic (exact) mass is 517 g/mol. The van der Waals surface area contributed by atoms with E-state index in [1.807, 2.05) is 18.4 Å². The molecular weight excluding hydrogens is 493 g/mol. The lowest BCUT2D eigenvalue weighted by atomic mass is 9.98. The molecule has 0 aliphatic carbocycles. The Balaban J connectivity index is 1.44. The maximum Gasteiger partial charge on any atom is 0.339 e. The van der Waals surface area contributed by atoms with Crippen LogP contribution in [-0.2, 0) is 17.7 Å². The van der Waals surface area contributed by atoms with Crippen LogP contribution in [0.15, 0.2) is 78.9 Å². The minimum Gasteiger partial charge on any atom is -0.454 e. The first-order valence-corrected chi connectivity index (χ1v) is 12.1. The Bertz CT molecular complexity index is 1460. The summed E-state index contributed by atoms with van der Waals surface area (Å²) in [6.07, 6.45) is 0.678. The molecule has 0 saturated heterocycles. The van der Waals surface area contributed by atoms with E-state index in [0.717, 1.165) is 17.0 Å². The summed E-state index contributed by atoms with van der Waals surface area (Å²) in [5, 5.41) is 0.498. The number of carbonyl (C=O) groups is 3. The quantitative estimate of drug-likeness (QED) is 0.190. The van der Waals surface area contributed by atoms with E-state index in [1.165, 1.54) is 18.2 Å². The van der Waals surface area contributed by atoms with Crippen molar-refractivity contribution in [1.82, 2.24) is 4.57 Å². The van der Waals surface area contributed by atoms with E-state index in [4.69, 9.17) is 16.3 Å². The highest BCUT2D eigenvalue weighted by molar-refractivity contribution is 6.30. The van der Waals surface area contributed by atoms with Gasteiger partial charge < -0.3 is 9.30 Å². The van der Waals surface area contributed by atoms with Crippen molar-refractivity contribution in [2.24, 2.45) is 0 Å². The van der Waals surface area contributed by atoms with Crippen molar-refractivity contribution in [1.29, 1.82) is 0 Å². The molecule has 0 fully saturated rings. The SMILES string of the molecule is Cc1cc(C(=O)COC(=O)c2ccccc2C(=O)c2ccc(Cl)cc2)c(C)n1CCc1ccc(F)cc1. The third-order valence-corrected chi connectivity index (χ3v) is 6.50. The van der Waals surface area contributed by atoms with Gasteiger partial charge in [-0.05, 0) is 74.4 Å². The van der Waals surface area contributed by atoms with Crippen LogP contribution in [0.3, 0.4) is 0 Å². The summed E-state index contributed by atoms with van der Waals surface area (Å²) in [4.78, 5) is 38.8. The second-order valence-corrected chi connectivity index (χ2v) is 9.13. The molecule has 0 bridgehead atoms. The van der Waals surface area contributed by atoms with Crippen LogP contribution in [0.2, 0.25) is 5.02 Å². The second kappa shape index (κ2) is 11.4. The molecule has 37 heavy (non-hydrogen) atoms. The molecule has 0 radical (unpaired) electrons. The number of aromatic nitrogens is 1. The molecule has 188 valence electrons. The Morgan fingerprint density at radius 2 is 1.51 bits per heavy atom. The molecule has 1 heterocycles. The van der Waals surface area contributed by atoms with Gasteiger partial charge >= 0.3 is 5.97 Å². The molecule has 3 aromatic carbocycles. The van der Waals surface area contributed by atoms with Gasteiger partial charge in [0.05, 0.1) is 5.56 Å². The summed E-state index contributed by atoms with van der Waals surface area (Å²) in [5.41, 5.74) is 3.76. The zero-order valence-electron chi connectivity index (χ0n) is 20.5. The largest absolute Gasteiger partial charge is 0.454 e. The minimum atomic E-state index is -0.753. The van der Waals surface area contributed by atoms with Crippen LogP contribution in [0.5, 0.6) is 0 Å². The summed E-state index contributed by atoms with van der Waals surface area (Å²) in [6, 6.07) is 20.8. The first-order valence-electron chi connectivity index (χ1n) is 11.8. The summed E-state index contributed by atoms with van der Waals surface area (Å²) >= 11 is 5.91. The Kier molecular flexibility index (Phi) is 7.99. The molecule has 0 N–H and O–H groups in total. The van der Waals surface area contributed by atoms with Gasteiger partial charge in [0, 0.05) is 39.6 Å². The van der Waals surface area contributed by atoms with Crippen LogP contribution in [0.1, 0.15) is 53.6 Å². The van der Waals surface area contributed by atoms with Crippen LogP contribution in [0.25, 0.3) is 0 Å². The van der Waals surface area contributed by atoms with Crippen molar-refractivity contribution in [2.45, 2.75) is 26.8 Å². The average molecular weight is 518 g/mol. The number of halogens is 2. The van der Waals surface area contributed by atoms with Crippen molar-refractivity contribution in [3.8, 4) is 0 Å². The molecule has 4 rings (SSSR count). The van der Waals surface area contributed by atoms with Gasteiger partial charge in [-0.2, -0.15) is 0 Å². The number of Topliss-reactive ketones (excluding diaryl/α,β-unsaturated/α-hetero) is 1. The molecule has 0 aliphatic rings. The predicted molar refractivity (Wildman–Crippen MR) is 140 cm³/mol. The number of rotatable bonds is 9. The standard InChI is InChI=1S/C30H25ClFNO4/c1-19-17-27(20(2)33(19)16-15-21-7-13-24(32)14-8-21)28(34)18-37-30(36)26-6-4-3-5-25(26)29(35)22-9-11-23(31)12-10-22/h3-14,17H,15-16,18H2,1-2H3. The molecule has 7 heteroatoms. The number of esters is 1. The molecule has 4 aromatic rings. The van der Waals surface area contributed by atoms with Gasteiger partial charge in [0.15, 0.2) is 12.4 Å². The highest BCUT2D eigenvalue weighted by atomic mass is 35.5. The van der Waals surface area contributed by atoms with E-state index in [1.54, 1.807) is 60.7 Å². The van der Waals surface area contributed by atoms with E-state index in [2.05, 4.69) is 0 Å². The van der Waals surface area contributed by atoms with Gasteiger partial charge in [0.2, 0.25) is 5.78 Å². The smallest absolute Gasteiger partial charge is 0.339 e. The third-order valence-electron chi connectivity index (χ3n) is 6.24. The van der Waals surface area contributed by atoms with Crippen molar-refractivity contribution in [3.63, 3.8) is 0 Å². The van der Waals surface area contributed by atoms with Crippen LogP contribution < -0.4 is 0 Å². The number of ether oxygens (including phenoxy) is 1. The van der Waals surface area contributed by atoms with Gasteiger partial charge in [-0.25, -0.2) is 9.18 Å². The van der Waals surface area contributed by atoms with Crippen LogP contribution in [0.4, 0.5) is 4.39 Å². The minimum absolute atomic E-state index is 0.0834. The van der Waals surface area contributed by atoms with Crippen LogP contribution >= 0.6 is 11.6 Å². The van der Waals surface area contributed by atoms with E-state index < -0.39 is 12.6 Å². The van der Waals surface area contributed by atoms with Gasteiger partial charge in [0.1, 0.15) is 5.82 Å². The first kappa shape index (κ1) is 26.0. The Hall–Kier alpha value is -4.03. The summed E-state index contributed by atoms with van der Waals surface area (Å²) in [5.74, 6) is -1.72. The van der Waals surface area contributed by atoms with Gasteiger partial charge in [-0.15, -0.1) is 0 Å². The number of nitrogens with zero attached hydrogens (tertiary/aromatic N) is 1. The number of hydrogen-bond donors (Lipinski definition) is 0. The third kappa shape index (κ3) is 6.04. The topological polar surface area (TPSA) is 65.4 Å². The molecule has 0 aliphatic heterocycles. The lowest BCUT2D eigenvalue weighted by molar-refractivity contribution is 0.0472. The normalized spacial score (nSPS) is 10.8. The van der Waals surface area contributed by atoms with E-state index in [0.29, 0.717) is 29.1 Å².